The Hall–Kier alpha value is -1.51. The smallest absolute Gasteiger partial charge is 0.243 e. The third kappa shape index (κ3) is 4.09. The SMILES string of the molecule is O=C(C1CC1)N(C1CCOCC1)C1CCN(S(=O)(=O)c2ccc(F)cc2)CC1. The molecule has 1 amide bonds. The fourth-order valence-electron chi connectivity index (χ4n) is 4.28. The summed E-state index contributed by atoms with van der Waals surface area (Å²) in [5.74, 6) is -0.0566. The number of carbonyl (C=O) groups excluding carboxylic acids is 1. The normalized spacial score (nSPS) is 22.9. The van der Waals surface area contributed by atoms with Crippen molar-refractivity contribution < 1.29 is 22.3 Å². The average Bonchev–Trinajstić information content (AvgIpc) is 3.55. The molecule has 0 N–H and O–H groups in total. The van der Waals surface area contributed by atoms with Gasteiger partial charge in [0, 0.05) is 44.3 Å². The van der Waals surface area contributed by atoms with Gasteiger partial charge in [-0.15, -0.1) is 0 Å². The highest BCUT2D eigenvalue weighted by Gasteiger charge is 2.41. The van der Waals surface area contributed by atoms with Crippen LogP contribution in [0.3, 0.4) is 0 Å². The Bertz CT molecular complexity index is 796. The molecule has 2 heterocycles. The number of amides is 1. The van der Waals surface area contributed by atoms with Crippen LogP contribution >= 0.6 is 0 Å². The number of nitrogens with zero attached hydrogens (tertiary/aromatic N) is 2. The second-order valence-electron chi connectivity index (χ2n) is 7.95. The van der Waals surface area contributed by atoms with Crippen LogP contribution in [0.5, 0.6) is 0 Å². The van der Waals surface area contributed by atoms with Crippen molar-refractivity contribution in [1.29, 1.82) is 0 Å². The van der Waals surface area contributed by atoms with E-state index in [1.54, 1.807) is 0 Å². The number of benzene rings is 1. The van der Waals surface area contributed by atoms with E-state index in [1.807, 2.05) is 0 Å². The first kappa shape index (κ1) is 19.8. The van der Waals surface area contributed by atoms with Crippen LogP contribution in [-0.2, 0) is 19.6 Å². The number of hydrogen-bond acceptors (Lipinski definition) is 4. The van der Waals surface area contributed by atoms with Crippen LogP contribution in [0.1, 0.15) is 38.5 Å². The highest BCUT2D eigenvalue weighted by atomic mass is 32.2. The van der Waals surface area contributed by atoms with Crippen LogP contribution in [0, 0.1) is 11.7 Å². The van der Waals surface area contributed by atoms with Gasteiger partial charge in [0.15, 0.2) is 0 Å². The van der Waals surface area contributed by atoms with Gasteiger partial charge in [-0.05, 0) is 62.8 Å². The zero-order valence-corrected chi connectivity index (χ0v) is 16.7. The maximum absolute atomic E-state index is 13.1. The van der Waals surface area contributed by atoms with Crippen LogP contribution in [-0.4, -0.2) is 61.9 Å². The van der Waals surface area contributed by atoms with Gasteiger partial charge in [-0.2, -0.15) is 4.31 Å². The van der Waals surface area contributed by atoms with Crippen LogP contribution in [0.25, 0.3) is 0 Å². The third-order valence-corrected chi connectivity index (χ3v) is 7.95. The Morgan fingerprint density at radius 3 is 2.11 bits per heavy atom. The van der Waals surface area contributed by atoms with Gasteiger partial charge in [-0.3, -0.25) is 4.79 Å². The fraction of sp³-hybridized carbons (Fsp3) is 0.650. The van der Waals surface area contributed by atoms with Crippen molar-refractivity contribution >= 4 is 15.9 Å². The van der Waals surface area contributed by atoms with Gasteiger partial charge in [-0.25, -0.2) is 12.8 Å². The van der Waals surface area contributed by atoms with Crippen molar-refractivity contribution in [1.82, 2.24) is 9.21 Å². The van der Waals surface area contributed by atoms with E-state index in [4.69, 9.17) is 4.74 Å². The van der Waals surface area contributed by atoms with E-state index in [0.717, 1.165) is 25.7 Å². The predicted molar refractivity (Wildman–Crippen MR) is 102 cm³/mol. The molecule has 0 bridgehead atoms. The number of sulfonamides is 1. The summed E-state index contributed by atoms with van der Waals surface area (Å²) in [5.41, 5.74) is 0. The quantitative estimate of drug-likeness (QED) is 0.748. The fourth-order valence-corrected chi connectivity index (χ4v) is 5.75. The van der Waals surface area contributed by atoms with E-state index in [-0.39, 0.29) is 28.8 Å². The molecule has 0 atom stereocenters. The minimum Gasteiger partial charge on any atom is -0.381 e. The van der Waals surface area contributed by atoms with Crippen LogP contribution in [0.15, 0.2) is 29.2 Å². The maximum atomic E-state index is 13.1. The zero-order valence-electron chi connectivity index (χ0n) is 15.9. The van der Waals surface area contributed by atoms with Crippen molar-refractivity contribution in [2.75, 3.05) is 26.3 Å². The summed E-state index contributed by atoms with van der Waals surface area (Å²) in [6, 6.07) is 5.23. The average molecular weight is 411 g/mol. The lowest BCUT2D eigenvalue weighted by atomic mass is 9.98. The first-order chi connectivity index (χ1) is 13.5. The topological polar surface area (TPSA) is 66.9 Å². The Kier molecular flexibility index (Phi) is 5.71. The van der Waals surface area contributed by atoms with Crippen LogP contribution in [0.4, 0.5) is 4.39 Å². The molecular formula is C20H27FN2O4S. The Labute approximate surface area is 165 Å². The Morgan fingerprint density at radius 1 is 0.964 bits per heavy atom. The van der Waals surface area contributed by atoms with Crippen molar-refractivity contribution in [3.63, 3.8) is 0 Å². The molecule has 1 saturated carbocycles. The number of piperidine rings is 1. The first-order valence-electron chi connectivity index (χ1n) is 10.1. The predicted octanol–water partition coefficient (Wildman–Crippen LogP) is 2.40. The third-order valence-electron chi connectivity index (χ3n) is 6.03. The summed E-state index contributed by atoms with van der Waals surface area (Å²) >= 11 is 0. The van der Waals surface area contributed by atoms with Gasteiger partial charge in [0.25, 0.3) is 0 Å². The monoisotopic (exact) mass is 410 g/mol. The number of halogens is 1. The van der Waals surface area contributed by atoms with E-state index in [0.29, 0.717) is 39.1 Å². The summed E-state index contributed by atoms with van der Waals surface area (Å²) in [6.45, 7) is 2.11. The van der Waals surface area contributed by atoms with E-state index in [9.17, 15) is 17.6 Å². The molecule has 0 radical (unpaired) electrons. The molecule has 3 aliphatic rings. The first-order valence-corrected chi connectivity index (χ1v) is 11.6. The van der Waals surface area contributed by atoms with Crippen LogP contribution in [0.2, 0.25) is 0 Å². The highest BCUT2D eigenvalue weighted by molar-refractivity contribution is 7.89. The molecule has 0 unspecified atom stereocenters. The molecule has 0 spiro atoms. The molecule has 3 fully saturated rings. The molecular weight excluding hydrogens is 383 g/mol. The molecule has 4 rings (SSSR count). The van der Waals surface area contributed by atoms with E-state index in [2.05, 4.69) is 4.90 Å². The lowest BCUT2D eigenvalue weighted by Gasteiger charge is -2.43. The highest BCUT2D eigenvalue weighted by Crippen LogP contribution is 2.35. The minimum atomic E-state index is -3.63. The summed E-state index contributed by atoms with van der Waals surface area (Å²) in [4.78, 5) is 15.1. The van der Waals surface area contributed by atoms with Crippen molar-refractivity contribution in [3.05, 3.63) is 30.1 Å². The molecule has 2 saturated heterocycles. The number of ether oxygens (including phenoxy) is 1. The number of carbonyl (C=O) groups is 1. The molecule has 1 aromatic rings. The molecule has 6 nitrogen and oxygen atoms in total. The van der Waals surface area contributed by atoms with Gasteiger partial charge in [0.2, 0.25) is 15.9 Å². The number of hydrogen-bond donors (Lipinski definition) is 0. The molecule has 0 aromatic heterocycles. The van der Waals surface area contributed by atoms with Gasteiger partial charge >= 0.3 is 0 Å². The standard InChI is InChI=1S/C20H27FN2O4S/c21-16-3-5-19(6-4-16)28(25,26)22-11-7-17(8-12-22)23(20(24)15-1-2-15)18-9-13-27-14-10-18/h3-6,15,17-18H,1-2,7-14H2. The second kappa shape index (κ2) is 8.08. The zero-order chi connectivity index (χ0) is 19.7. The van der Waals surface area contributed by atoms with Gasteiger partial charge in [0.05, 0.1) is 4.90 Å². The molecule has 1 aromatic carbocycles. The molecule has 154 valence electrons. The Morgan fingerprint density at radius 2 is 1.54 bits per heavy atom. The number of rotatable bonds is 5. The van der Waals surface area contributed by atoms with Crippen molar-refractivity contribution in [2.24, 2.45) is 5.92 Å². The Balaban J connectivity index is 1.45. The van der Waals surface area contributed by atoms with Crippen LogP contribution < -0.4 is 0 Å². The molecule has 8 heteroatoms. The maximum Gasteiger partial charge on any atom is 0.243 e. The molecule has 28 heavy (non-hydrogen) atoms. The summed E-state index contributed by atoms with van der Waals surface area (Å²) in [6.07, 6.45) is 4.91. The molecule has 1 aliphatic carbocycles. The lowest BCUT2D eigenvalue weighted by molar-refractivity contribution is -0.141. The van der Waals surface area contributed by atoms with E-state index >= 15 is 0 Å². The minimum absolute atomic E-state index is 0.0795. The largest absolute Gasteiger partial charge is 0.381 e. The van der Waals surface area contributed by atoms with Gasteiger partial charge < -0.3 is 9.64 Å². The van der Waals surface area contributed by atoms with Crippen molar-refractivity contribution in [3.8, 4) is 0 Å². The van der Waals surface area contributed by atoms with Gasteiger partial charge in [0.1, 0.15) is 5.82 Å². The molecule has 2 aliphatic heterocycles. The lowest BCUT2D eigenvalue weighted by Crippen LogP contribution is -2.54. The van der Waals surface area contributed by atoms with E-state index in [1.165, 1.54) is 28.6 Å². The van der Waals surface area contributed by atoms with E-state index < -0.39 is 15.8 Å². The van der Waals surface area contributed by atoms with Gasteiger partial charge in [-0.1, -0.05) is 0 Å². The van der Waals surface area contributed by atoms with Crippen molar-refractivity contribution in [2.45, 2.75) is 55.5 Å². The summed E-state index contributed by atoms with van der Waals surface area (Å²) < 4.78 is 45.7. The summed E-state index contributed by atoms with van der Waals surface area (Å²) in [5, 5.41) is 0. The second-order valence-corrected chi connectivity index (χ2v) is 9.89. The summed E-state index contributed by atoms with van der Waals surface area (Å²) in [7, 11) is -3.63.